The van der Waals surface area contributed by atoms with Crippen LogP contribution in [0, 0.1) is 12.8 Å². The molecule has 1 aromatic rings. The summed E-state index contributed by atoms with van der Waals surface area (Å²) in [5.74, 6) is -0.632. The number of piperidine rings is 1. The van der Waals surface area contributed by atoms with Crippen molar-refractivity contribution in [1.29, 1.82) is 0 Å². The standard InChI is InChI=1S/C22H31N3O4S/c1-5-24-19-14(2)11-17(12-18(19)22(3,4)21(24)27)30(28,29)25(16-8-9-16)20(26)15-7-6-10-23-13-15/h11-12,15-16,23H,5-10,13H2,1-4H3. The monoisotopic (exact) mass is 433 g/mol. The van der Waals surface area contributed by atoms with Gasteiger partial charge in [0.2, 0.25) is 11.8 Å². The second kappa shape index (κ2) is 7.34. The van der Waals surface area contributed by atoms with E-state index in [-0.39, 0.29) is 28.7 Å². The molecule has 7 nitrogen and oxygen atoms in total. The van der Waals surface area contributed by atoms with Gasteiger partial charge in [0.25, 0.3) is 10.0 Å². The zero-order valence-electron chi connectivity index (χ0n) is 18.2. The van der Waals surface area contributed by atoms with Gasteiger partial charge in [-0.3, -0.25) is 9.59 Å². The maximum absolute atomic E-state index is 13.7. The van der Waals surface area contributed by atoms with Gasteiger partial charge in [0.05, 0.1) is 21.9 Å². The highest BCUT2D eigenvalue weighted by atomic mass is 32.2. The van der Waals surface area contributed by atoms with Crippen LogP contribution in [0.2, 0.25) is 0 Å². The first-order valence-corrected chi connectivity index (χ1v) is 12.3. The number of nitrogens with zero attached hydrogens (tertiary/aromatic N) is 2. The minimum atomic E-state index is -4.00. The lowest BCUT2D eigenvalue weighted by Crippen LogP contribution is -2.46. The number of carbonyl (C=O) groups is 2. The Morgan fingerprint density at radius 3 is 2.53 bits per heavy atom. The summed E-state index contributed by atoms with van der Waals surface area (Å²) in [6.07, 6.45) is 3.00. The van der Waals surface area contributed by atoms with Gasteiger partial charge in [-0.2, -0.15) is 0 Å². The molecule has 0 aromatic heterocycles. The molecule has 4 rings (SSSR count). The molecule has 3 aliphatic rings. The first-order chi connectivity index (χ1) is 14.1. The van der Waals surface area contributed by atoms with Gasteiger partial charge in [-0.15, -0.1) is 0 Å². The van der Waals surface area contributed by atoms with E-state index in [1.165, 1.54) is 0 Å². The Balaban J connectivity index is 1.77. The number of hydrogen-bond acceptors (Lipinski definition) is 5. The Morgan fingerprint density at radius 1 is 1.27 bits per heavy atom. The van der Waals surface area contributed by atoms with Crippen molar-refractivity contribution in [2.75, 3.05) is 24.5 Å². The van der Waals surface area contributed by atoms with Crippen molar-refractivity contribution in [2.24, 2.45) is 5.92 Å². The topological polar surface area (TPSA) is 86.8 Å². The van der Waals surface area contributed by atoms with Crippen molar-refractivity contribution in [3.8, 4) is 0 Å². The van der Waals surface area contributed by atoms with Crippen molar-refractivity contribution in [1.82, 2.24) is 9.62 Å². The lowest BCUT2D eigenvalue weighted by atomic mass is 9.85. The first-order valence-electron chi connectivity index (χ1n) is 10.9. The van der Waals surface area contributed by atoms with Gasteiger partial charge in [0.1, 0.15) is 0 Å². The maximum Gasteiger partial charge on any atom is 0.266 e. The number of sulfonamides is 1. The van der Waals surface area contributed by atoms with Crippen LogP contribution in [0.1, 0.15) is 57.6 Å². The summed E-state index contributed by atoms with van der Waals surface area (Å²) < 4.78 is 28.5. The molecule has 164 valence electrons. The summed E-state index contributed by atoms with van der Waals surface area (Å²) in [6.45, 7) is 9.33. The number of rotatable bonds is 5. The normalized spacial score (nSPS) is 23.4. The molecule has 1 N–H and O–H groups in total. The van der Waals surface area contributed by atoms with Gasteiger partial charge in [0.15, 0.2) is 0 Å². The average Bonchev–Trinajstić information content (AvgIpc) is 3.51. The Morgan fingerprint density at radius 2 is 1.97 bits per heavy atom. The third-order valence-corrected chi connectivity index (χ3v) is 8.44. The highest BCUT2D eigenvalue weighted by molar-refractivity contribution is 7.89. The van der Waals surface area contributed by atoms with E-state index in [1.54, 1.807) is 17.0 Å². The summed E-state index contributed by atoms with van der Waals surface area (Å²) >= 11 is 0. The highest BCUT2D eigenvalue weighted by Gasteiger charge is 2.47. The zero-order valence-corrected chi connectivity index (χ0v) is 19.0. The number of nitrogens with one attached hydrogen (secondary N) is 1. The molecular formula is C22H31N3O4S. The molecule has 8 heteroatoms. The van der Waals surface area contributed by atoms with E-state index in [0.717, 1.165) is 34.1 Å². The van der Waals surface area contributed by atoms with E-state index >= 15 is 0 Å². The molecule has 1 atom stereocenters. The fourth-order valence-electron chi connectivity index (χ4n) is 4.75. The third-order valence-electron chi connectivity index (χ3n) is 6.61. The first kappa shape index (κ1) is 21.3. The summed E-state index contributed by atoms with van der Waals surface area (Å²) in [5.41, 5.74) is 1.46. The van der Waals surface area contributed by atoms with E-state index in [2.05, 4.69) is 5.32 Å². The van der Waals surface area contributed by atoms with Crippen molar-refractivity contribution in [2.45, 2.75) is 69.7 Å². The predicted molar refractivity (Wildman–Crippen MR) is 115 cm³/mol. The minimum Gasteiger partial charge on any atom is -0.316 e. The largest absolute Gasteiger partial charge is 0.316 e. The molecule has 2 amide bonds. The molecule has 0 spiro atoms. The van der Waals surface area contributed by atoms with E-state index < -0.39 is 15.4 Å². The molecule has 1 aromatic carbocycles. The van der Waals surface area contributed by atoms with E-state index in [1.807, 2.05) is 27.7 Å². The Kier molecular flexibility index (Phi) is 5.21. The fourth-order valence-corrected chi connectivity index (χ4v) is 6.55. The number of amides is 2. The van der Waals surface area contributed by atoms with Gasteiger partial charge in [0, 0.05) is 19.1 Å². The number of fused-ring (bicyclic) bond motifs is 1. The maximum atomic E-state index is 13.7. The highest BCUT2D eigenvalue weighted by Crippen LogP contribution is 2.45. The van der Waals surface area contributed by atoms with Crippen molar-refractivity contribution >= 4 is 27.5 Å². The summed E-state index contributed by atoms with van der Waals surface area (Å²) in [5, 5.41) is 3.21. The average molecular weight is 434 g/mol. The van der Waals surface area contributed by atoms with Crippen LogP contribution < -0.4 is 10.2 Å². The number of anilines is 1. The van der Waals surface area contributed by atoms with Crippen LogP contribution in [-0.4, -0.2) is 50.2 Å². The third kappa shape index (κ3) is 3.24. The van der Waals surface area contributed by atoms with E-state index in [9.17, 15) is 18.0 Å². The van der Waals surface area contributed by atoms with Crippen LogP contribution in [0.5, 0.6) is 0 Å². The van der Waals surface area contributed by atoms with Crippen LogP contribution in [-0.2, 0) is 25.0 Å². The van der Waals surface area contributed by atoms with Gasteiger partial charge in [-0.25, -0.2) is 12.7 Å². The summed E-state index contributed by atoms with van der Waals surface area (Å²) in [4.78, 5) is 28.0. The molecule has 1 unspecified atom stereocenters. The van der Waals surface area contributed by atoms with Crippen LogP contribution in [0.15, 0.2) is 17.0 Å². The Labute approximate surface area is 178 Å². The molecule has 30 heavy (non-hydrogen) atoms. The van der Waals surface area contributed by atoms with Gasteiger partial charge in [-0.05, 0) is 83.2 Å². The van der Waals surface area contributed by atoms with Gasteiger partial charge < -0.3 is 10.2 Å². The van der Waals surface area contributed by atoms with Crippen molar-refractivity contribution in [3.05, 3.63) is 23.3 Å². The molecule has 1 saturated heterocycles. The Hall–Kier alpha value is -1.93. The number of aryl methyl sites for hydroxylation is 1. The summed E-state index contributed by atoms with van der Waals surface area (Å²) in [7, 11) is -4.00. The number of hydrogen-bond donors (Lipinski definition) is 1. The molecule has 0 bridgehead atoms. The van der Waals surface area contributed by atoms with Gasteiger partial charge >= 0.3 is 0 Å². The van der Waals surface area contributed by atoms with Crippen LogP contribution in [0.3, 0.4) is 0 Å². The van der Waals surface area contributed by atoms with Crippen molar-refractivity contribution in [3.63, 3.8) is 0 Å². The molecule has 2 heterocycles. The molecule has 1 aliphatic carbocycles. The minimum absolute atomic E-state index is 0.0268. The molecular weight excluding hydrogens is 402 g/mol. The lowest BCUT2D eigenvalue weighted by molar-refractivity contribution is -0.131. The SMILES string of the molecule is CCN1C(=O)C(C)(C)c2cc(S(=O)(=O)N(C(=O)C3CCCNC3)C3CC3)cc(C)c21. The smallest absolute Gasteiger partial charge is 0.266 e. The second-order valence-corrected chi connectivity index (χ2v) is 11.0. The number of carbonyl (C=O) groups excluding carboxylic acids is 2. The number of likely N-dealkylation sites (N-methyl/N-ethyl adjacent to an activating group) is 1. The molecule has 2 fully saturated rings. The van der Waals surface area contributed by atoms with Crippen LogP contribution in [0.25, 0.3) is 0 Å². The summed E-state index contributed by atoms with van der Waals surface area (Å²) in [6, 6.07) is 2.99. The van der Waals surface area contributed by atoms with Crippen LogP contribution in [0.4, 0.5) is 5.69 Å². The zero-order chi connectivity index (χ0) is 21.8. The molecule has 2 aliphatic heterocycles. The predicted octanol–water partition coefficient (Wildman–Crippen LogP) is 2.32. The quantitative estimate of drug-likeness (QED) is 0.770. The molecule has 1 saturated carbocycles. The second-order valence-electron chi connectivity index (χ2n) is 9.22. The van der Waals surface area contributed by atoms with Gasteiger partial charge in [-0.1, -0.05) is 0 Å². The Bertz CT molecular complexity index is 992. The van der Waals surface area contributed by atoms with Crippen molar-refractivity contribution < 1.29 is 18.0 Å². The lowest BCUT2D eigenvalue weighted by Gasteiger charge is -2.29. The fraction of sp³-hybridized carbons (Fsp3) is 0.636. The van der Waals surface area contributed by atoms with Crippen LogP contribution >= 0.6 is 0 Å². The number of benzene rings is 1. The van der Waals surface area contributed by atoms with E-state index in [0.29, 0.717) is 32.4 Å². The van der Waals surface area contributed by atoms with E-state index in [4.69, 9.17) is 0 Å². The molecule has 0 radical (unpaired) electrons.